The summed E-state index contributed by atoms with van der Waals surface area (Å²) in [6.45, 7) is 2.80. The number of hydrogen-bond acceptors (Lipinski definition) is 3. The van der Waals surface area contributed by atoms with E-state index in [1.54, 1.807) is 24.2 Å². The molecule has 3 heteroatoms. The minimum atomic E-state index is 0.0307. The van der Waals surface area contributed by atoms with Crippen LogP contribution in [0.15, 0.2) is 24.5 Å². The van der Waals surface area contributed by atoms with E-state index in [-0.39, 0.29) is 4.75 Å². The topological polar surface area (TPSA) is 38.9 Å². The number of hydrogen-bond donors (Lipinski definition) is 1. The molecule has 1 unspecified atom stereocenters. The Labute approximate surface area is 77.6 Å². The molecular formula is C9H14N2S. The van der Waals surface area contributed by atoms with Crippen LogP contribution in [0.2, 0.25) is 0 Å². The van der Waals surface area contributed by atoms with Crippen LogP contribution in [0.1, 0.15) is 12.5 Å². The summed E-state index contributed by atoms with van der Waals surface area (Å²) in [6.07, 6.45) is 5.69. The first kappa shape index (κ1) is 9.55. The number of nitrogens with zero attached hydrogens (tertiary/aromatic N) is 1. The van der Waals surface area contributed by atoms with Crippen molar-refractivity contribution in [2.24, 2.45) is 5.73 Å². The smallest absolute Gasteiger partial charge is 0.0500 e. The van der Waals surface area contributed by atoms with Crippen LogP contribution >= 0.6 is 11.8 Å². The van der Waals surface area contributed by atoms with Crippen molar-refractivity contribution in [3.8, 4) is 0 Å². The first-order valence-corrected chi connectivity index (χ1v) is 5.11. The molecule has 1 aromatic heterocycles. The molecule has 0 aliphatic rings. The van der Waals surface area contributed by atoms with Crippen molar-refractivity contribution in [3.63, 3.8) is 0 Å². The maximum absolute atomic E-state index is 5.71. The summed E-state index contributed by atoms with van der Waals surface area (Å²) in [5.41, 5.74) is 6.95. The molecule has 0 aliphatic carbocycles. The van der Waals surface area contributed by atoms with Crippen molar-refractivity contribution in [2.75, 3.05) is 12.8 Å². The maximum Gasteiger partial charge on any atom is 0.0500 e. The Morgan fingerprint density at radius 1 is 1.50 bits per heavy atom. The van der Waals surface area contributed by atoms with Gasteiger partial charge in [0.15, 0.2) is 0 Å². The van der Waals surface area contributed by atoms with E-state index in [1.807, 2.05) is 12.1 Å². The molecule has 12 heavy (non-hydrogen) atoms. The fourth-order valence-electron chi connectivity index (χ4n) is 1.02. The normalized spacial score (nSPS) is 15.6. The van der Waals surface area contributed by atoms with Gasteiger partial charge in [-0.15, -0.1) is 0 Å². The van der Waals surface area contributed by atoms with Crippen molar-refractivity contribution in [1.82, 2.24) is 4.98 Å². The SMILES string of the molecule is CSC(C)(CN)c1ccncc1. The quantitative estimate of drug-likeness (QED) is 0.772. The van der Waals surface area contributed by atoms with Crippen LogP contribution in [0.3, 0.4) is 0 Å². The van der Waals surface area contributed by atoms with Gasteiger partial charge in [0.2, 0.25) is 0 Å². The van der Waals surface area contributed by atoms with E-state index in [0.717, 1.165) is 0 Å². The van der Waals surface area contributed by atoms with E-state index in [0.29, 0.717) is 6.54 Å². The summed E-state index contributed by atoms with van der Waals surface area (Å²) < 4.78 is 0.0307. The molecule has 2 N–H and O–H groups in total. The molecule has 0 aromatic carbocycles. The Kier molecular flexibility index (Phi) is 3.12. The Morgan fingerprint density at radius 3 is 2.50 bits per heavy atom. The first-order chi connectivity index (χ1) is 5.73. The molecule has 0 radical (unpaired) electrons. The zero-order valence-electron chi connectivity index (χ0n) is 7.45. The van der Waals surface area contributed by atoms with E-state index >= 15 is 0 Å². The second-order valence-corrected chi connectivity index (χ2v) is 4.18. The van der Waals surface area contributed by atoms with Crippen LogP contribution in [-0.4, -0.2) is 17.8 Å². The molecule has 1 aromatic rings. The summed E-state index contributed by atoms with van der Waals surface area (Å²) in [4.78, 5) is 3.98. The Morgan fingerprint density at radius 2 is 2.08 bits per heavy atom. The maximum atomic E-state index is 5.71. The first-order valence-electron chi connectivity index (χ1n) is 3.88. The van der Waals surface area contributed by atoms with Crippen molar-refractivity contribution in [1.29, 1.82) is 0 Å². The van der Waals surface area contributed by atoms with Gasteiger partial charge in [0.1, 0.15) is 0 Å². The Hall–Kier alpha value is -0.540. The van der Waals surface area contributed by atoms with E-state index < -0.39 is 0 Å². The van der Waals surface area contributed by atoms with Gasteiger partial charge in [0, 0.05) is 23.7 Å². The summed E-state index contributed by atoms with van der Waals surface area (Å²) in [6, 6.07) is 4.03. The molecular weight excluding hydrogens is 168 g/mol. The number of pyridine rings is 1. The highest BCUT2D eigenvalue weighted by molar-refractivity contribution is 7.99. The highest BCUT2D eigenvalue weighted by atomic mass is 32.2. The molecule has 0 fully saturated rings. The molecule has 66 valence electrons. The van der Waals surface area contributed by atoms with Crippen LogP contribution in [0.5, 0.6) is 0 Å². The summed E-state index contributed by atoms with van der Waals surface area (Å²) in [7, 11) is 0. The van der Waals surface area contributed by atoms with Crippen LogP contribution in [0.25, 0.3) is 0 Å². The van der Waals surface area contributed by atoms with Crippen LogP contribution in [-0.2, 0) is 4.75 Å². The lowest BCUT2D eigenvalue weighted by molar-refractivity contribution is 0.704. The van der Waals surface area contributed by atoms with Gasteiger partial charge in [0.05, 0.1) is 0 Å². The minimum Gasteiger partial charge on any atom is -0.329 e. The molecule has 2 nitrogen and oxygen atoms in total. The van der Waals surface area contributed by atoms with Crippen LogP contribution < -0.4 is 5.73 Å². The summed E-state index contributed by atoms with van der Waals surface area (Å²) in [5, 5.41) is 0. The van der Waals surface area contributed by atoms with Gasteiger partial charge in [-0.3, -0.25) is 4.98 Å². The van der Waals surface area contributed by atoms with Crippen LogP contribution in [0, 0.1) is 0 Å². The molecule has 0 aliphatic heterocycles. The lowest BCUT2D eigenvalue weighted by Crippen LogP contribution is -2.27. The van der Waals surface area contributed by atoms with E-state index in [2.05, 4.69) is 18.2 Å². The molecule has 0 saturated heterocycles. The standard InChI is InChI=1S/C9H14N2S/c1-9(7-10,12-2)8-3-5-11-6-4-8/h3-6H,7,10H2,1-2H3. The molecule has 1 rings (SSSR count). The highest BCUT2D eigenvalue weighted by Crippen LogP contribution is 2.32. The molecule has 0 amide bonds. The molecule has 1 heterocycles. The lowest BCUT2D eigenvalue weighted by atomic mass is 10.0. The second kappa shape index (κ2) is 3.92. The largest absolute Gasteiger partial charge is 0.329 e. The molecule has 1 atom stereocenters. The zero-order chi connectivity index (χ0) is 9.03. The van der Waals surface area contributed by atoms with Crippen LogP contribution in [0.4, 0.5) is 0 Å². The molecule has 0 saturated carbocycles. The minimum absolute atomic E-state index is 0.0307. The van der Waals surface area contributed by atoms with Gasteiger partial charge < -0.3 is 5.73 Å². The number of aromatic nitrogens is 1. The monoisotopic (exact) mass is 182 g/mol. The van der Waals surface area contributed by atoms with Crippen molar-refractivity contribution in [2.45, 2.75) is 11.7 Å². The number of rotatable bonds is 3. The van der Waals surface area contributed by atoms with Gasteiger partial charge in [-0.1, -0.05) is 0 Å². The lowest BCUT2D eigenvalue weighted by Gasteiger charge is -2.25. The van der Waals surface area contributed by atoms with E-state index in [4.69, 9.17) is 5.73 Å². The van der Waals surface area contributed by atoms with Gasteiger partial charge in [0.25, 0.3) is 0 Å². The van der Waals surface area contributed by atoms with Crippen molar-refractivity contribution in [3.05, 3.63) is 30.1 Å². The zero-order valence-corrected chi connectivity index (χ0v) is 8.27. The highest BCUT2D eigenvalue weighted by Gasteiger charge is 2.22. The summed E-state index contributed by atoms with van der Waals surface area (Å²) >= 11 is 1.77. The number of nitrogens with two attached hydrogens (primary N) is 1. The Balaban J connectivity index is 2.95. The fraction of sp³-hybridized carbons (Fsp3) is 0.444. The third-order valence-corrected chi connectivity index (χ3v) is 3.43. The van der Waals surface area contributed by atoms with Crippen molar-refractivity contribution < 1.29 is 0 Å². The molecule has 0 bridgehead atoms. The Bertz CT molecular complexity index is 232. The predicted molar refractivity (Wildman–Crippen MR) is 54.2 cm³/mol. The van der Waals surface area contributed by atoms with Crippen molar-refractivity contribution >= 4 is 11.8 Å². The average Bonchev–Trinajstić information content (AvgIpc) is 2.18. The fourth-order valence-corrected chi connectivity index (χ4v) is 1.56. The third-order valence-electron chi connectivity index (χ3n) is 2.13. The van der Waals surface area contributed by atoms with E-state index in [1.165, 1.54) is 5.56 Å². The number of thioether (sulfide) groups is 1. The third kappa shape index (κ3) is 1.79. The van der Waals surface area contributed by atoms with Gasteiger partial charge in [-0.25, -0.2) is 0 Å². The van der Waals surface area contributed by atoms with Gasteiger partial charge >= 0.3 is 0 Å². The second-order valence-electron chi connectivity index (χ2n) is 2.87. The van der Waals surface area contributed by atoms with Gasteiger partial charge in [-0.05, 0) is 30.9 Å². The van der Waals surface area contributed by atoms with Gasteiger partial charge in [-0.2, -0.15) is 11.8 Å². The van der Waals surface area contributed by atoms with E-state index in [9.17, 15) is 0 Å². The average molecular weight is 182 g/mol. The summed E-state index contributed by atoms with van der Waals surface area (Å²) in [5.74, 6) is 0. The predicted octanol–water partition coefficient (Wildman–Crippen LogP) is 1.62. The molecule has 0 spiro atoms.